The van der Waals surface area contributed by atoms with Gasteiger partial charge in [0.2, 0.25) is 0 Å². The first-order chi connectivity index (χ1) is 7.69. The van der Waals surface area contributed by atoms with Gasteiger partial charge in [-0.15, -0.1) is 0 Å². The predicted molar refractivity (Wildman–Crippen MR) is 60.3 cm³/mol. The highest BCUT2D eigenvalue weighted by Gasteiger charge is 2.37. The van der Waals surface area contributed by atoms with Crippen molar-refractivity contribution in [2.45, 2.75) is 19.3 Å². The Hall–Kier alpha value is -0.610. The van der Waals surface area contributed by atoms with E-state index in [0.717, 1.165) is 39.1 Å². The zero-order valence-electron chi connectivity index (χ0n) is 9.89. The third kappa shape index (κ3) is 2.74. The van der Waals surface area contributed by atoms with Gasteiger partial charge in [-0.25, -0.2) is 0 Å². The number of likely N-dealkylation sites (tertiary alicyclic amines) is 1. The van der Waals surface area contributed by atoms with Gasteiger partial charge in [0, 0.05) is 26.7 Å². The Bertz CT molecular complexity index is 243. The number of rotatable bonds is 4. The van der Waals surface area contributed by atoms with Crippen LogP contribution in [0, 0.1) is 17.8 Å². The van der Waals surface area contributed by atoms with Crippen molar-refractivity contribution < 1.29 is 14.6 Å². The van der Waals surface area contributed by atoms with Gasteiger partial charge in [0.05, 0.1) is 12.5 Å². The van der Waals surface area contributed by atoms with Gasteiger partial charge in [-0.3, -0.25) is 4.79 Å². The average Bonchev–Trinajstić information content (AvgIpc) is 2.25. The minimum atomic E-state index is -0.597. The molecule has 4 heteroatoms. The zero-order chi connectivity index (χ0) is 11.5. The summed E-state index contributed by atoms with van der Waals surface area (Å²) in [5, 5.41) is 9.07. The van der Waals surface area contributed by atoms with E-state index >= 15 is 0 Å². The lowest BCUT2D eigenvalue weighted by atomic mass is 9.72. The quantitative estimate of drug-likeness (QED) is 0.780. The van der Waals surface area contributed by atoms with Gasteiger partial charge < -0.3 is 14.7 Å². The summed E-state index contributed by atoms with van der Waals surface area (Å²) in [4.78, 5) is 13.4. The number of carboxylic acids is 1. The van der Waals surface area contributed by atoms with E-state index in [2.05, 4.69) is 4.90 Å². The van der Waals surface area contributed by atoms with Gasteiger partial charge in [0.25, 0.3) is 0 Å². The number of nitrogens with zero attached hydrogens (tertiary/aromatic N) is 1. The first-order valence-electron chi connectivity index (χ1n) is 6.13. The maximum Gasteiger partial charge on any atom is 0.306 e. The lowest BCUT2D eigenvalue weighted by Crippen LogP contribution is -2.46. The number of carboxylic acid groups (broad SMARTS) is 1. The van der Waals surface area contributed by atoms with Crippen molar-refractivity contribution >= 4 is 5.97 Å². The molecule has 1 saturated heterocycles. The molecule has 4 nitrogen and oxygen atoms in total. The predicted octanol–water partition coefficient (Wildman–Crippen LogP) is 1.07. The summed E-state index contributed by atoms with van der Waals surface area (Å²) in [6.07, 6.45) is 2.97. The molecule has 2 bridgehead atoms. The summed E-state index contributed by atoms with van der Waals surface area (Å²) in [6, 6.07) is 0. The van der Waals surface area contributed by atoms with Crippen LogP contribution in [0.25, 0.3) is 0 Å². The second-order valence-electron chi connectivity index (χ2n) is 5.23. The second-order valence-corrected chi connectivity index (χ2v) is 5.23. The normalized spacial score (nSPS) is 34.9. The fourth-order valence-electron chi connectivity index (χ4n) is 3.27. The van der Waals surface area contributed by atoms with E-state index in [1.807, 2.05) is 0 Å². The molecular formula is C12H21NO3. The van der Waals surface area contributed by atoms with E-state index in [4.69, 9.17) is 9.84 Å². The third-order valence-corrected chi connectivity index (χ3v) is 3.90. The highest BCUT2D eigenvalue weighted by Crippen LogP contribution is 2.37. The maximum absolute atomic E-state index is 11.0. The van der Waals surface area contributed by atoms with E-state index in [0.29, 0.717) is 11.8 Å². The molecule has 1 aliphatic heterocycles. The Morgan fingerprint density at radius 1 is 1.31 bits per heavy atom. The van der Waals surface area contributed by atoms with Gasteiger partial charge in [-0.05, 0) is 31.1 Å². The van der Waals surface area contributed by atoms with Crippen LogP contribution in [0.15, 0.2) is 0 Å². The lowest BCUT2D eigenvalue weighted by molar-refractivity contribution is -0.145. The standard InChI is InChI=1S/C12H21NO3/c1-16-3-2-13-7-9-4-10(8-13)6-11(5-9)12(14)15/h9-11H,2-8H2,1H3,(H,14,15). The molecule has 0 aromatic heterocycles. The molecule has 0 spiro atoms. The van der Waals surface area contributed by atoms with Crippen LogP contribution in [-0.2, 0) is 9.53 Å². The van der Waals surface area contributed by atoms with Crippen LogP contribution < -0.4 is 0 Å². The first kappa shape index (κ1) is 11.9. The van der Waals surface area contributed by atoms with Crippen molar-refractivity contribution in [2.75, 3.05) is 33.4 Å². The molecule has 0 aromatic carbocycles. The molecule has 1 saturated carbocycles. The van der Waals surface area contributed by atoms with Crippen LogP contribution in [-0.4, -0.2) is 49.3 Å². The summed E-state index contributed by atoms with van der Waals surface area (Å²) in [6.45, 7) is 3.89. The molecule has 0 aromatic rings. The average molecular weight is 227 g/mol. The minimum absolute atomic E-state index is 0.0895. The molecule has 2 fully saturated rings. The molecule has 16 heavy (non-hydrogen) atoms. The number of methoxy groups -OCH3 is 1. The maximum atomic E-state index is 11.0. The highest BCUT2D eigenvalue weighted by molar-refractivity contribution is 5.70. The molecule has 1 aliphatic carbocycles. The van der Waals surface area contributed by atoms with E-state index in [-0.39, 0.29) is 5.92 Å². The van der Waals surface area contributed by atoms with Gasteiger partial charge in [0.15, 0.2) is 0 Å². The molecule has 1 heterocycles. The topological polar surface area (TPSA) is 49.8 Å². The van der Waals surface area contributed by atoms with Crippen LogP contribution in [0.2, 0.25) is 0 Å². The van der Waals surface area contributed by atoms with Crippen molar-refractivity contribution in [3.63, 3.8) is 0 Å². The third-order valence-electron chi connectivity index (χ3n) is 3.90. The molecule has 0 radical (unpaired) electrons. The van der Waals surface area contributed by atoms with Crippen LogP contribution in [0.3, 0.4) is 0 Å². The van der Waals surface area contributed by atoms with Gasteiger partial charge in [-0.1, -0.05) is 0 Å². The fourth-order valence-corrected chi connectivity index (χ4v) is 3.27. The first-order valence-corrected chi connectivity index (χ1v) is 6.13. The Morgan fingerprint density at radius 2 is 1.94 bits per heavy atom. The van der Waals surface area contributed by atoms with Crippen molar-refractivity contribution in [3.8, 4) is 0 Å². The number of hydrogen-bond donors (Lipinski definition) is 1. The van der Waals surface area contributed by atoms with Crippen molar-refractivity contribution in [1.82, 2.24) is 4.90 Å². The van der Waals surface area contributed by atoms with E-state index < -0.39 is 5.97 Å². The van der Waals surface area contributed by atoms with E-state index in [1.165, 1.54) is 6.42 Å². The lowest BCUT2D eigenvalue weighted by Gasteiger charge is -2.43. The van der Waals surface area contributed by atoms with Crippen molar-refractivity contribution in [2.24, 2.45) is 17.8 Å². The largest absolute Gasteiger partial charge is 0.481 e. The molecule has 92 valence electrons. The van der Waals surface area contributed by atoms with Gasteiger partial charge in [0.1, 0.15) is 0 Å². The summed E-state index contributed by atoms with van der Waals surface area (Å²) < 4.78 is 5.09. The molecule has 2 aliphatic rings. The summed E-state index contributed by atoms with van der Waals surface area (Å²) in [7, 11) is 1.73. The number of hydrogen-bond acceptors (Lipinski definition) is 3. The number of carbonyl (C=O) groups is 1. The number of piperidine rings is 1. The van der Waals surface area contributed by atoms with E-state index in [1.54, 1.807) is 7.11 Å². The summed E-state index contributed by atoms with van der Waals surface area (Å²) in [5.74, 6) is 0.490. The Kier molecular flexibility index (Phi) is 3.82. The Morgan fingerprint density at radius 3 is 2.44 bits per heavy atom. The molecule has 1 N–H and O–H groups in total. The highest BCUT2D eigenvalue weighted by atomic mass is 16.5. The van der Waals surface area contributed by atoms with Crippen LogP contribution in [0.5, 0.6) is 0 Å². The Balaban J connectivity index is 1.87. The molecule has 2 rings (SSSR count). The molecule has 0 amide bonds. The SMILES string of the molecule is COCCN1CC2CC(CC(C(=O)O)C2)C1. The van der Waals surface area contributed by atoms with Crippen LogP contribution >= 0.6 is 0 Å². The number of ether oxygens (including phenoxy) is 1. The van der Waals surface area contributed by atoms with Crippen LogP contribution in [0.4, 0.5) is 0 Å². The number of fused-ring (bicyclic) bond motifs is 2. The fraction of sp³-hybridized carbons (Fsp3) is 0.917. The van der Waals surface area contributed by atoms with Crippen molar-refractivity contribution in [1.29, 1.82) is 0 Å². The number of aliphatic carboxylic acids is 1. The summed E-state index contributed by atoms with van der Waals surface area (Å²) in [5.41, 5.74) is 0. The van der Waals surface area contributed by atoms with Crippen molar-refractivity contribution in [3.05, 3.63) is 0 Å². The Labute approximate surface area is 96.6 Å². The molecule has 2 atom stereocenters. The van der Waals surface area contributed by atoms with Crippen LogP contribution in [0.1, 0.15) is 19.3 Å². The van der Waals surface area contributed by atoms with E-state index in [9.17, 15) is 4.79 Å². The molecule has 2 unspecified atom stereocenters. The minimum Gasteiger partial charge on any atom is -0.481 e. The zero-order valence-corrected chi connectivity index (χ0v) is 9.89. The smallest absolute Gasteiger partial charge is 0.306 e. The summed E-state index contributed by atoms with van der Waals surface area (Å²) >= 11 is 0. The monoisotopic (exact) mass is 227 g/mol. The van der Waals surface area contributed by atoms with Gasteiger partial charge in [-0.2, -0.15) is 0 Å². The van der Waals surface area contributed by atoms with Gasteiger partial charge >= 0.3 is 5.97 Å². The molecular weight excluding hydrogens is 206 g/mol. The second kappa shape index (κ2) is 5.15.